The van der Waals surface area contributed by atoms with Crippen LogP contribution in [-0.2, 0) is 10.0 Å². The number of carbonyl (C=O) groups is 1. The zero-order valence-corrected chi connectivity index (χ0v) is 15.8. The van der Waals surface area contributed by atoms with E-state index < -0.39 is 16.0 Å². The Morgan fingerprint density at radius 1 is 0.964 bits per heavy atom. The lowest BCUT2D eigenvalue weighted by Gasteiger charge is -2.06. The number of aromatic nitrogens is 2. The molecule has 1 aliphatic rings. The summed E-state index contributed by atoms with van der Waals surface area (Å²) in [5.74, 6) is -1.05. The van der Waals surface area contributed by atoms with Gasteiger partial charge in [0.25, 0.3) is 0 Å². The number of carboxylic acid groups (broad SMARTS) is 1. The van der Waals surface area contributed by atoms with Crippen molar-refractivity contribution < 1.29 is 18.3 Å². The van der Waals surface area contributed by atoms with Crippen molar-refractivity contribution in [2.24, 2.45) is 5.14 Å². The molecule has 0 unspecified atom stereocenters. The highest BCUT2D eigenvalue weighted by Gasteiger charge is 2.27. The van der Waals surface area contributed by atoms with Crippen molar-refractivity contribution >= 4 is 50.4 Å². The summed E-state index contributed by atoms with van der Waals surface area (Å²) in [5.41, 5.74) is 3.53. The summed E-state index contributed by atoms with van der Waals surface area (Å²) in [5, 5.41) is 16.0. The Morgan fingerprint density at radius 2 is 1.64 bits per heavy atom. The number of hydrogen-bond acceptors (Lipinski definition) is 6. The molecule has 5 rings (SSSR count). The molecular formula is C19H11N3O4S2. The normalized spacial score (nSPS) is 12.5. The third-order valence-electron chi connectivity index (χ3n) is 4.76. The van der Waals surface area contributed by atoms with Gasteiger partial charge >= 0.3 is 5.97 Å². The third kappa shape index (κ3) is 2.40. The summed E-state index contributed by atoms with van der Waals surface area (Å²) in [4.78, 5) is 21.1. The first-order chi connectivity index (χ1) is 13.2. The summed E-state index contributed by atoms with van der Waals surface area (Å²) in [6.45, 7) is 0. The van der Waals surface area contributed by atoms with E-state index in [2.05, 4.69) is 22.6 Å². The molecule has 0 spiro atoms. The SMILES string of the molecule is NS(=O)(=O)c1cc2c3c(cc(S)cc3c1)-c1nc3cc(C(=O)O)ccc3nc1-2. The largest absolute Gasteiger partial charge is 0.478 e. The van der Waals surface area contributed by atoms with Crippen LogP contribution in [-0.4, -0.2) is 29.5 Å². The average molecular weight is 409 g/mol. The Hall–Kier alpha value is -3.01. The van der Waals surface area contributed by atoms with Crippen molar-refractivity contribution in [1.29, 1.82) is 0 Å². The van der Waals surface area contributed by atoms with E-state index >= 15 is 0 Å². The van der Waals surface area contributed by atoms with Gasteiger partial charge in [-0.25, -0.2) is 28.3 Å². The number of nitrogens with zero attached hydrogens (tertiary/aromatic N) is 2. The average Bonchev–Trinajstić information content (AvgIpc) is 2.92. The topological polar surface area (TPSA) is 123 Å². The fourth-order valence-electron chi connectivity index (χ4n) is 3.57. The van der Waals surface area contributed by atoms with Crippen LogP contribution in [0.1, 0.15) is 10.4 Å². The maximum absolute atomic E-state index is 11.9. The fourth-order valence-corrected chi connectivity index (χ4v) is 4.41. The second-order valence-corrected chi connectivity index (χ2v) is 8.61. The van der Waals surface area contributed by atoms with Gasteiger partial charge in [-0.3, -0.25) is 0 Å². The number of aromatic carboxylic acids is 1. The van der Waals surface area contributed by atoms with Gasteiger partial charge in [0, 0.05) is 21.4 Å². The first-order valence-corrected chi connectivity index (χ1v) is 10.1. The Balaban J connectivity index is 1.91. The monoisotopic (exact) mass is 409 g/mol. The molecule has 0 atom stereocenters. The van der Waals surface area contributed by atoms with Crippen molar-refractivity contribution in [3.05, 3.63) is 48.0 Å². The van der Waals surface area contributed by atoms with Gasteiger partial charge in [-0.05, 0) is 47.9 Å². The van der Waals surface area contributed by atoms with Crippen LogP contribution >= 0.6 is 12.6 Å². The number of primary sulfonamides is 1. The fraction of sp³-hybridized carbons (Fsp3) is 0. The number of hydrogen-bond donors (Lipinski definition) is 3. The molecule has 0 saturated heterocycles. The van der Waals surface area contributed by atoms with Crippen molar-refractivity contribution in [1.82, 2.24) is 9.97 Å². The molecule has 138 valence electrons. The number of thiol groups is 1. The number of carboxylic acids is 1. The molecule has 3 aromatic carbocycles. The number of nitrogens with two attached hydrogens (primary N) is 1. The van der Waals surface area contributed by atoms with Crippen LogP contribution in [0.5, 0.6) is 0 Å². The minimum absolute atomic E-state index is 0.0177. The van der Waals surface area contributed by atoms with Gasteiger partial charge in [-0.2, -0.15) is 0 Å². The molecule has 1 heterocycles. The van der Waals surface area contributed by atoms with Crippen molar-refractivity contribution in [3.63, 3.8) is 0 Å². The second-order valence-electron chi connectivity index (χ2n) is 6.54. The van der Waals surface area contributed by atoms with Crippen LogP contribution in [0.15, 0.2) is 52.3 Å². The molecule has 3 N–H and O–H groups in total. The molecule has 0 fully saturated rings. The van der Waals surface area contributed by atoms with Crippen LogP contribution in [0, 0.1) is 0 Å². The van der Waals surface area contributed by atoms with Crippen molar-refractivity contribution in [2.45, 2.75) is 9.79 Å². The Labute approximate surface area is 164 Å². The predicted molar refractivity (Wildman–Crippen MR) is 107 cm³/mol. The summed E-state index contributed by atoms with van der Waals surface area (Å²) >= 11 is 4.42. The number of fused-ring (bicyclic) bond motifs is 4. The Bertz CT molecular complexity index is 1480. The van der Waals surface area contributed by atoms with Crippen LogP contribution in [0.2, 0.25) is 0 Å². The van der Waals surface area contributed by atoms with E-state index in [0.717, 1.165) is 10.9 Å². The van der Waals surface area contributed by atoms with Gasteiger partial charge in [0.1, 0.15) is 0 Å². The molecule has 1 aromatic heterocycles. The Morgan fingerprint density at radius 3 is 2.32 bits per heavy atom. The molecule has 4 aromatic rings. The summed E-state index contributed by atoms with van der Waals surface area (Å²) in [7, 11) is -3.92. The van der Waals surface area contributed by atoms with Gasteiger partial charge < -0.3 is 5.11 Å². The van der Waals surface area contributed by atoms with E-state index in [4.69, 9.17) is 5.14 Å². The Kier molecular flexibility index (Phi) is 3.36. The molecule has 0 radical (unpaired) electrons. The highest BCUT2D eigenvalue weighted by molar-refractivity contribution is 7.89. The molecule has 1 aliphatic carbocycles. The van der Waals surface area contributed by atoms with Crippen molar-refractivity contribution in [3.8, 4) is 22.5 Å². The predicted octanol–water partition coefficient (Wildman–Crippen LogP) is 3.06. The van der Waals surface area contributed by atoms with E-state index in [9.17, 15) is 18.3 Å². The first kappa shape index (κ1) is 17.1. The maximum Gasteiger partial charge on any atom is 0.335 e. The van der Waals surface area contributed by atoms with E-state index in [-0.39, 0.29) is 10.5 Å². The molecular weight excluding hydrogens is 398 g/mol. The zero-order valence-electron chi connectivity index (χ0n) is 14.0. The summed E-state index contributed by atoms with van der Waals surface area (Å²) in [6.07, 6.45) is 0. The van der Waals surface area contributed by atoms with E-state index in [1.807, 2.05) is 6.07 Å². The van der Waals surface area contributed by atoms with Crippen LogP contribution in [0.25, 0.3) is 44.3 Å². The number of rotatable bonds is 2. The first-order valence-electron chi connectivity index (χ1n) is 8.12. The van der Waals surface area contributed by atoms with E-state index in [1.165, 1.54) is 24.3 Å². The molecule has 0 saturated carbocycles. The van der Waals surface area contributed by atoms with Gasteiger partial charge in [-0.15, -0.1) is 12.6 Å². The molecule has 9 heteroatoms. The highest BCUT2D eigenvalue weighted by Crippen LogP contribution is 2.47. The van der Waals surface area contributed by atoms with Gasteiger partial charge in [0.2, 0.25) is 10.0 Å². The van der Waals surface area contributed by atoms with E-state index in [0.29, 0.717) is 38.3 Å². The minimum atomic E-state index is -3.92. The minimum Gasteiger partial charge on any atom is -0.478 e. The summed E-state index contributed by atoms with van der Waals surface area (Å²) in [6, 6.07) is 11.1. The molecule has 7 nitrogen and oxygen atoms in total. The molecule has 0 amide bonds. The van der Waals surface area contributed by atoms with Gasteiger partial charge in [-0.1, -0.05) is 0 Å². The number of sulfonamides is 1. The smallest absolute Gasteiger partial charge is 0.335 e. The highest BCUT2D eigenvalue weighted by atomic mass is 32.2. The lowest BCUT2D eigenvalue weighted by Crippen LogP contribution is -2.12. The second kappa shape index (κ2) is 5.51. The van der Waals surface area contributed by atoms with Crippen LogP contribution in [0.4, 0.5) is 0 Å². The number of benzene rings is 3. The summed E-state index contributed by atoms with van der Waals surface area (Å²) < 4.78 is 23.9. The van der Waals surface area contributed by atoms with Gasteiger partial charge in [0.05, 0.1) is 32.9 Å². The van der Waals surface area contributed by atoms with Crippen molar-refractivity contribution in [2.75, 3.05) is 0 Å². The standard InChI is InChI=1S/C19H11N3O4S2/c20-28(25,26)11-4-9-3-10(27)6-12-16(9)13(7-11)18-17(12)22-15-5-8(19(23)24)1-2-14(15)21-18/h1-7,27H,(H,23,24)(H2,20,25,26). The lowest BCUT2D eigenvalue weighted by atomic mass is 10.0. The van der Waals surface area contributed by atoms with Crippen LogP contribution in [0.3, 0.4) is 0 Å². The van der Waals surface area contributed by atoms with E-state index in [1.54, 1.807) is 12.1 Å². The maximum atomic E-state index is 11.9. The van der Waals surface area contributed by atoms with Gasteiger partial charge in [0.15, 0.2) is 0 Å². The zero-order chi connectivity index (χ0) is 19.8. The van der Waals surface area contributed by atoms with Crippen LogP contribution < -0.4 is 5.14 Å². The lowest BCUT2D eigenvalue weighted by molar-refractivity contribution is 0.0697. The molecule has 0 aliphatic heterocycles. The quantitative estimate of drug-likeness (QED) is 0.385. The third-order valence-corrected chi connectivity index (χ3v) is 5.91. The molecule has 28 heavy (non-hydrogen) atoms. The molecule has 0 bridgehead atoms.